The number of β-lactam (4-membered cyclic amide) rings is 1. The summed E-state index contributed by atoms with van der Waals surface area (Å²) in [5.74, 6) is -2.68. The molecule has 2 atom stereocenters. The first kappa shape index (κ1) is 26.0. The number of aryl methyl sites for hydroxylation is 2. The lowest BCUT2D eigenvalue weighted by Crippen LogP contribution is -2.73. The van der Waals surface area contributed by atoms with Crippen molar-refractivity contribution in [3.63, 3.8) is 0 Å². The number of pyridine rings is 1. The van der Waals surface area contributed by atoms with Gasteiger partial charge in [-0.2, -0.15) is 4.57 Å². The fraction of sp³-hybridized carbons (Fsp3) is 0.259. The highest BCUT2D eigenvalue weighted by Gasteiger charge is 2.54. The van der Waals surface area contributed by atoms with Gasteiger partial charge in [0.1, 0.15) is 24.0 Å². The molecule has 0 bridgehead atoms. The third-order valence-corrected chi connectivity index (χ3v) is 7.53. The van der Waals surface area contributed by atoms with E-state index < -0.39 is 29.9 Å². The standard InChI is InChI=1S/C27H26N6O5S/c1-15-10-11-32(12-16(15)2)20-9-8-19-22(25(35)33(19)23(20)26(36)37)30-24(34)21(18-14-39-27(28)29-18)31-38-13-17-6-4-3-5-7-17/h3-7,10-12,14,19,22H,8-9,13H2,1-2H3,(H3-,28,29,30,34,36,37)/b31-21+/t19-,22+/m1/s1. The van der Waals surface area contributed by atoms with Crippen LogP contribution < -0.4 is 20.7 Å². The van der Waals surface area contributed by atoms with Gasteiger partial charge in [0, 0.05) is 23.4 Å². The number of carboxylic acids is 1. The number of nitrogens with zero attached hydrogens (tertiary/aromatic N) is 4. The molecule has 1 saturated heterocycles. The van der Waals surface area contributed by atoms with Crippen LogP contribution in [-0.4, -0.2) is 45.5 Å². The number of carbonyl (C=O) groups is 3. The van der Waals surface area contributed by atoms with Gasteiger partial charge in [0.05, 0.1) is 12.0 Å². The molecule has 0 radical (unpaired) electrons. The van der Waals surface area contributed by atoms with Gasteiger partial charge >= 0.3 is 0 Å². The van der Waals surface area contributed by atoms with E-state index in [1.807, 2.05) is 56.4 Å². The third kappa shape index (κ3) is 5.10. The molecule has 11 nitrogen and oxygen atoms in total. The summed E-state index contributed by atoms with van der Waals surface area (Å²) in [6.45, 7) is 4.01. The van der Waals surface area contributed by atoms with Crippen LogP contribution >= 0.6 is 11.3 Å². The Kier molecular flexibility index (Phi) is 7.11. The number of oxime groups is 1. The van der Waals surface area contributed by atoms with Gasteiger partial charge in [0.2, 0.25) is 5.70 Å². The number of nitrogens with two attached hydrogens (primary N) is 1. The molecule has 200 valence electrons. The second kappa shape index (κ2) is 10.7. The molecule has 2 aliphatic heterocycles. The van der Waals surface area contributed by atoms with Crippen molar-refractivity contribution in [2.45, 2.75) is 45.4 Å². The van der Waals surface area contributed by atoms with Gasteiger partial charge in [-0.1, -0.05) is 35.5 Å². The van der Waals surface area contributed by atoms with Crippen LogP contribution in [0.1, 0.15) is 35.2 Å². The molecule has 0 aliphatic carbocycles. The number of hydrogen-bond acceptors (Lipinski definition) is 9. The van der Waals surface area contributed by atoms with Gasteiger partial charge in [0.15, 0.2) is 23.2 Å². The normalized spacial score (nSPS) is 18.9. The number of hydrogen-bond donors (Lipinski definition) is 2. The van der Waals surface area contributed by atoms with E-state index in [2.05, 4.69) is 15.5 Å². The van der Waals surface area contributed by atoms with E-state index in [1.54, 1.807) is 16.1 Å². The average Bonchev–Trinajstić information content (AvgIpc) is 3.36. The molecule has 4 heterocycles. The highest BCUT2D eigenvalue weighted by molar-refractivity contribution is 7.13. The molecule has 2 aliphatic rings. The first-order valence-corrected chi connectivity index (χ1v) is 13.1. The van der Waals surface area contributed by atoms with Gasteiger partial charge in [-0.15, -0.1) is 11.3 Å². The van der Waals surface area contributed by atoms with Crippen LogP contribution in [0.4, 0.5) is 5.13 Å². The molecule has 39 heavy (non-hydrogen) atoms. The van der Waals surface area contributed by atoms with E-state index in [9.17, 15) is 19.5 Å². The average molecular weight is 547 g/mol. The first-order valence-electron chi connectivity index (χ1n) is 12.3. The Morgan fingerprint density at radius 1 is 1.26 bits per heavy atom. The van der Waals surface area contributed by atoms with E-state index in [4.69, 9.17) is 10.6 Å². The van der Waals surface area contributed by atoms with Gasteiger partial charge < -0.3 is 25.8 Å². The number of fused-ring (bicyclic) bond motifs is 1. The maximum Gasteiger partial charge on any atom is 0.276 e. The SMILES string of the molecule is Cc1cc[n+](C2=C(C(=O)[O-])N3C(=O)[C@@H](NC(=O)/C(=N/OCc4ccccc4)c4csc(N)n4)[C@H]3CC2)cc1C. The van der Waals surface area contributed by atoms with Crippen LogP contribution in [0.25, 0.3) is 5.70 Å². The van der Waals surface area contributed by atoms with Crippen LogP contribution in [-0.2, 0) is 25.8 Å². The summed E-state index contributed by atoms with van der Waals surface area (Å²) in [7, 11) is 0. The monoisotopic (exact) mass is 546 g/mol. The number of allylic oxidation sites excluding steroid dienone is 1. The molecule has 1 aromatic carbocycles. The summed E-state index contributed by atoms with van der Waals surface area (Å²) in [5, 5.41) is 20.7. The van der Waals surface area contributed by atoms with Crippen LogP contribution in [0, 0.1) is 13.8 Å². The predicted octanol–water partition coefficient (Wildman–Crippen LogP) is 0.659. The Hall–Kier alpha value is -4.58. The van der Waals surface area contributed by atoms with Crippen molar-refractivity contribution in [3.8, 4) is 0 Å². The molecule has 0 spiro atoms. The number of benzene rings is 1. The molecule has 5 rings (SSSR count). The number of aliphatic carboxylic acids is 1. The van der Waals surface area contributed by atoms with Crippen molar-refractivity contribution < 1.29 is 28.9 Å². The van der Waals surface area contributed by atoms with Crippen LogP contribution in [0.3, 0.4) is 0 Å². The van der Waals surface area contributed by atoms with Crippen molar-refractivity contribution in [1.29, 1.82) is 0 Å². The Bertz CT molecular complexity index is 1520. The summed E-state index contributed by atoms with van der Waals surface area (Å²) in [4.78, 5) is 49.4. The number of aromatic nitrogens is 2. The second-order valence-electron chi connectivity index (χ2n) is 9.34. The molecule has 0 unspecified atom stereocenters. The largest absolute Gasteiger partial charge is 0.543 e. The molecule has 2 aromatic heterocycles. The van der Waals surface area contributed by atoms with E-state index in [0.717, 1.165) is 28.0 Å². The number of anilines is 1. The van der Waals surface area contributed by atoms with Crippen molar-refractivity contribution in [2.24, 2.45) is 5.16 Å². The van der Waals surface area contributed by atoms with E-state index in [-0.39, 0.29) is 28.8 Å². The van der Waals surface area contributed by atoms with Crippen molar-refractivity contribution in [3.05, 3.63) is 82.3 Å². The van der Waals surface area contributed by atoms with Crippen LogP contribution in [0.5, 0.6) is 0 Å². The maximum absolute atomic E-state index is 13.3. The molecule has 12 heteroatoms. The fourth-order valence-corrected chi connectivity index (χ4v) is 5.23. The molecule has 0 saturated carbocycles. The zero-order chi connectivity index (χ0) is 27.7. The minimum atomic E-state index is -1.45. The number of rotatable bonds is 8. The summed E-state index contributed by atoms with van der Waals surface area (Å²) in [6, 6.07) is 9.70. The number of nitrogen functional groups attached to an aromatic ring is 1. The quantitative estimate of drug-likeness (QED) is 0.182. The summed E-state index contributed by atoms with van der Waals surface area (Å²) >= 11 is 1.14. The van der Waals surface area contributed by atoms with E-state index in [0.29, 0.717) is 18.5 Å². The summed E-state index contributed by atoms with van der Waals surface area (Å²) in [5.41, 5.74) is 8.99. The lowest BCUT2D eigenvalue weighted by atomic mass is 9.85. The number of nitrogens with one attached hydrogen (secondary N) is 1. The smallest absolute Gasteiger partial charge is 0.276 e. The zero-order valence-corrected chi connectivity index (χ0v) is 22.1. The Morgan fingerprint density at radius 3 is 2.69 bits per heavy atom. The molecule has 2 amide bonds. The predicted molar refractivity (Wildman–Crippen MR) is 140 cm³/mol. The summed E-state index contributed by atoms with van der Waals surface area (Å²) in [6.07, 6.45) is 4.42. The fourth-order valence-electron chi connectivity index (χ4n) is 4.69. The zero-order valence-electron chi connectivity index (χ0n) is 21.3. The van der Waals surface area contributed by atoms with Crippen molar-refractivity contribution in [2.75, 3.05) is 5.73 Å². The Labute approximate surface area is 228 Å². The van der Waals surface area contributed by atoms with E-state index in [1.165, 1.54) is 4.90 Å². The highest BCUT2D eigenvalue weighted by atomic mass is 32.1. The third-order valence-electron chi connectivity index (χ3n) is 6.85. The summed E-state index contributed by atoms with van der Waals surface area (Å²) < 4.78 is 1.71. The number of carbonyl (C=O) groups excluding carboxylic acids is 3. The van der Waals surface area contributed by atoms with Gasteiger partial charge in [-0.25, -0.2) is 4.98 Å². The molecule has 1 fully saturated rings. The number of thiazole rings is 1. The first-order chi connectivity index (χ1) is 18.7. The van der Waals surface area contributed by atoms with Crippen LogP contribution in [0.15, 0.2) is 65.0 Å². The second-order valence-corrected chi connectivity index (χ2v) is 10.2. The van der Waals surface area contributed by atoms with E-state index >= 15 is 0 Å². The lowest BCUT2D eigenvalue weighted by molar-refractivity contribution is -0.585. The van der Waals surface area contributed by atoms with Gasteiger partial charge in [0.25, 0.3) is 11.8 Å². The van der Waals surface area contributed by atoms with Crippen molar-refractivity contribution in [1.82, 2.24) is 15.2 Å². The minimum absolute atomic E-state index is 0.120. The molecular formula is C27H26N6O5S. The highest BCUT2D eigenvalue weighted by Crippen LogP contribution is 2.36. The topological polar surface area (TPSA) is 154 Å². The minimum Gasteiger partial charge on any atom is -0.543 e. The van der Waals surface area contributed by atoms with Gasteiger partial charge in [-0.3, -0.25) is 14.5 Å². The number of carboxylic acid groups (broad SMARTS) is 1. The number of amides is 2. The Morgan fingerprint density at radius 2 is 2.03 bits per heavy atom. The van der Waals surface area contributed by atoms with Crippen LogP contribution in [0.2, 0.25) is 0 Å². The molecule has 3 N–H and O–H groups in total. The lowest BCUT2D eigenvalue weighted by Gasteiger charge is -2.50. The van der Waals surface area contributed by atoms with Gasteiger partial charge in [-0.05, 0) is 31.4 Å². The molecule has 3 aromatic rings. The Balaban J connectivity index is 1.36. The maximum atomic E-state index is 13.3. The van der Waals surface area contributed by atoms with Crippen molar-refractivity contribution >= 4 is 45.7 Å². The molecular weight excluding hydrogens is 520 g/mol.